The van der Waals surface area contributed by atoms with Gasteiger partial charge in [-0.2, -0.15) is 0 Å². The molecule has 0 radical (unpaired) electrons. The molecule has 1 rings (SSSR count). The molecule has 0 nitrogen and oxygen atoms in total. The number of rotatable bonds is 3. The zero-order valence-electron chi connectivity index (χ0n) is 10.2. The second-order valence-electron chi connectivity index (χ2n) is 5.10. The molecule has 0 bridgehead atoms. The zero-order chi connectivity index (χ0) is 10.6. The van der Waals surface area contributed by atoms with Crippen molar-refractivity contribution in [2.75, 3.05) is 0 Å². The summed E-state index contributed by atoms with van der Waals surface area (Å²) in [5, 5.41) is 0. The van der Waals surface area contributed by atoms with Crippen molar-refractivity contribution in [1.82, 2.24) is 0 Å². The highest BCUT2D eigenvalue weighted by Crippen LogP contribution is 2.42. The third-order valence-corrected chi connectivity index (χ3v) is 3.48. The number of hydrogen-bond donors (Lipinski definition) is 0. The molecule has 0 saturated carbocycles. The van der Waals surface area contributed by atoms with Crippen LogP contribution in [0.4, 0.5) is 0 Å². The van der Waals surface area contributed by atoms with Crippen molar-refractivity contribution in [1.29, 1.82) is 0 Å². The van der Waals surface area contributed by atoms with E-state index in [-0.39, 0.29) is 0 Å². The first-order valence-electron chi connectivity index (χ1n) is 5.88. The third-order valence-electron chi connectivity index (χ3n) is 3.48. The average molecular weight is 192 g/mol. The molecule has 0 amide bonds. The van der Waals surface area contributed by atoms with E-state index in [2.05, 4.69) is 39.8 Å². The Morgan fingerprint density at radius 3 is 2.64 bits per heavy atom. The predicted octanol–water partition coefficient (Wildman–Crippen LogP) is 4.87. The highest BCUT2D eigenvalue weighted by molar-refractivity contribution is 5.22. The van der Waals surface area contributed by atoms with Crippen molar-refractivity contribution >= 4 is 0 Å². The fourth-order valence-corrected chi connectivity index (χ4v) is 2.62. The van der Waals surface area contributed by atoms with Crippen LogP contribution < -0.4 is 0 Å². The molecule has 0 aromatic rings. The number of allylic oxidation sites excluding steroid dienone is 4. The summed E-state index contributed by atoms with van der Waals surface area (Å²) in [5.74, 6) is 0. The summed E-state index contributed by atoms with van der Waals surface area (Å²) in [4.78, 5) is 0. The number of hydrogen-bond acceptors (Lipinski definition) is 0. The highest BCUT2D eigenvalue weighted by Gasteiger charge is 2.27. The maximum atomic E-state index is 2.40. The summed E-state index contributed by atoms with van der Waals surface area (Å²) >= 11 is 0. The Morgan fingerprint density at radius 1 is 1.36 bits per heavy atom. The van der Waals surface area contributed by atoms with Crippen molar-refractivity contribution in [3.05, 3.63) is 23.3 Å². The van der Waals surface area contributed by atoms with E-state index in [1.54, 1.807) is 11.1 Å². The van der Waals surface area contributed by atoms with Gasteiger partial charge in [-0.15, -0.1) is 0 Å². The molecule has 0 aromatic heterocycles. The lowest BCUT2D eigenvalue weighted by atomic mass is 9.71. The van der Waals surface area contributed by atoms with Gasteiger partial charge >= 0.3 is 0 Å². The van der Waals surface area contributed by atoms with Crippen LogP contribution in [0.15, 0.2) is 23.3 Å². The molecule has 0 aromatic carbocycles. The van der Waals surface area contributed by atoms with Crippen molar-refractivity contribution in [3.63, 3.8) is 0 Å². The lowest BCUT2D eigenvalue weighted by Crippen LogP contribution is -2.20. The van der Waals surface area contributed by atoms with Crippen LogP contribution in [0.5, 0.6) is 0 Å². The lowest BCUT2D eigenvalue weighted by molar-refractivity contribution is 0.355. The fourth-order valence-electron chi connectivity index (χ4n) is 2.62. The van der Waals surface area contributed by atoms with Gasteiger partial charge in [-0.3, -0.25) is 0 Å². The van der Waals surface area contributed by atoms with Crippen molar-refractivity contribution in [2.45, 2.75) is 59.8 Å². The third kappa shape index (κ3) is 2.73. The molecular formula is C14H24. The summed E-state index contributed by atoms with van der Waals surface area (Å²) in [6.07, 6.45) is 11.0. The summed E-state index contributed by atoms with van der Waals surface area (Å²) in [7, 11) is 0. The minimum absolute atomic E-state index is 0.462. The molecule has 0 heterocycles. The molecule has 80 valence electrons. The molecule has 0 fully saturated rings. The van der Waals surface area contributed by atoms with Gasteiger partial charge in [-0.25, -0.2) is 0 Å². The second kappa shape index (κ2) is 4.82. The van der Waals surface area contributed by atoms with Gasteiger partial charge in [-0.05, 0) is 51.4 Å². The molecule has 1 aliphatic rings. The van der Waals surface area contributed by atoms with E-state index >= 15 is 0 Å². The summed E-state index contributed by atoms with van der Waals surface area (Å²) in [5.41, 5.74) is 3.84. The Kier molecular flexibility index (Phi) is 3.97. The molecule has 0 atom stereocenters. The Morgan fingerprint density at radius 2 is 2.07 bits per heavy atom. The first-order chi connectivity index (χ1) is 6.58. The Labute approximate surface area is 89.1 Å². The van der Waals surface area contributed by atoms with Crippen LogP contribution in [0.25, 0.3) is 0 Å². The van der Waals surface area contributed by atoms with Crippen molar-refractivity contribution in [3.8, 4) is 0 Å². The molecular weight excluding hydrogens is 168 g/mol. The van der Waals surface area contributed by atoms with E-state index in [0.717, 1.165) is 0 Å². The van der Waals surface area contributed by atoms with E-state index in [4.69, 9.17) is 0 Å². The lowest BCUT2D eigenvalue weighted by Gasteiger charge is -2.34. The summed E-state index contributed by atoms with van der Waals surface area (Å²) in [6, 6.07) is 0. The molecule has 0 heteroatoms. The first kappa shape index (κ1) is 11.6. The monoisotopic (exact) mass is 192 g/mol. The minimum atomic E-state index is 0.462. The van der Waals surface area contributed by atoms with Crippen LogP contribution in [-0.4, -0.2) is 0 Å². The highest BCUT2D eigenvalue weighted by atomic mass is 14.3. The largest absolute Gasteiger partial charge is 0.0917 e. The molecule has 0 unspecified atom stereocenters. The smallest absolute Gasteiger partial charge is 0.0142 e. The van der Waals surface area contributed by atoms with Crippen molar-refractivity contribution in [2.24, 2.45) is 5.41 Å². The van der Waals surface area contributed by atoms with Crippen LogP contribution in [0.2, 0.25) is 0 Å². The van der Waals surface area contributed by atoms with Gasteiger partial charge in [-0.1, -0.05) is 37.1 Å². The van der Waals surface area contributed by atoms with Gasteiger partial charge < -0.3 is 0 Å². The van der Waals surface area contributed by atoms with Crippen LogP contribution >= 0.6 is 0 Å². The topological polar surface area (TPSA) is 0 Å². The maximum Gasteiger partial charge on any atom is -0.0142 e. The van der Waals surface area contributed by atoms with Crippen LogP contribution in [-0.2, 0) is 0 Å². The minimum Gasteiger partial charge on any atom is -0.0917 e. The average Bonchev–Trinajstić information content (AvgIpc) is 2.09. The zero-order valence-corrected chi connectivity index (χ0v) is 10.2. The Balaban J connectivity index is 2.69. The summed E-state index contributed by atoms with van der Waals surface area (Å²) in [6.45, 7) is 9.24. The summed E-state index contributed by atoms with van der Waals surface area (Å²) < 4.78 is 0. The van der Waals surface area contributed by atoms with Gasteiger partial charge in [0, 0.05) is 0 Å². The van der Waals surface area contributed by atoms with Crippen LogP contribution in [0.3, 0.4) is 0 Å². The van der Waals surface area contributed by atoms with Gasteiger partial charge in [0.15, 0.2) is 0 Å². The van der Waals surface area contributed by atoms with Crippen LogP contribution in [0.1, 0.15) is 59.8 Å². The molecule has 0 N–H and O–H groups in total. The standard InChI is InChI=1S/C14H24/c1-5-6-7-10-13-12(2)9-8-11-14(13,3)4/h5-6H,7-11H2,1-4H3/b6-5+. The van der Waals surface area contributed by atoms with E-state index in [9.17, 15) is 0 Å². The fraction of sp³-hybridized carbons (Fsp3) is 0.714. The second-order valence-corrected chi connectivity index (χ2v) is 5.10. The SMILES string of the molecule is C/C=C/CCC1=C(C)CCCC1(C)C. The maximum absolute atomic E-state index is 2.40. The molecule has 0 saturated heterocycles. The van der Waals surface area contributed by atoms with Gasteiger partial charge in [0.2, 0.25) is 0 Å². The quantitative estimate of drug-likeness (QED) is 0.560. The Hall–Kier alpha value is -0.520. The predicted molar refractivity (Wildman–Crippen MR) is 64.4 cm³/mol. The normalized spacial score (nSPS) is 22.0. The van der Waals surface area contributed by atoms with E-state index < -0.39 is 0 Å². The van der Waals surface area contributed by atoms with Gasteiger partial charge in [0.25, 0.3) is 0 Å². The van der Waals surface area contributed by atoms with Gasteiger partial charge in [0.05, 0.1) is 0 Å². The molecule has 1 aliphatic carbocycles. The van der Waals surface area contributed by atoms with Crippen molar-refractivity contribution < 1.29 is 0 Å². The molecule has 14 heavy (non-hydrogen) atoms. The molecule has 0 aliphatic heterocycles. The molecule has 0 spiro atoms. The van der Waals surface area contributed by atoms with E-state index in [1.807, 2.05) is 0 Å². The first-order valence-corrected chi connectivity index (χ1v) is 5.88. The van der Waals surface area contributed by atoms with E-state index in [0.29, 0.717) is 5.41 Å². The van der Waals surface area contributed by atoms with E-state index in [1.165, 1.54) is 32.1 Å². The Bertz CT molecular complexity index is 241. The van der Waals surface area contributed by atoms with Gasteiger partial charge in [0.1, 0.15) is 0 Å². The van der Waals surface area contributed by atoms with Crippen LogP contribution in [0, 0.1) is 5.41 Å².